The molecular weight excluding hydrogens is 302 g/mol. The smallest absolute Gasteiger partial charge is 0.270 e. The van der Waals surface area contributed by atoms with Gasteiger partial charge in [-0.25, -0.2) is 13.1 Å². The molecule has 0 unspecified atom stereocenters. The minimum Gasteiger partial charge on any atom is -0.398 e. The van der Waals surface area contributed by atoms with E-state index in [1.54, 1.807) is 0 Å². The van der Waals surface area contributed by atoms with Gasteiger partial charge in [0.1, 0.15) is 4.90 Å². The summed E-state index contributed by atoms with van der Waals surface area (Å²) in [6.45, 7) is -0.00728. The van der Waals surface area contributed by atoms with Crippen LogP contribution < -0.4 is 10.5 Å². The molecular formula is C10H11N5O5S. The molecule has 0 saturated heterocycles. The molecule has 0 radical (unpaired) electrons. The van der Waals surface area contributed by atoms with Gasteiger partial charge in [-0.3, -0.25) is 10.1 Å². The first-order chi connectivity index (χ1) is 9.90. The van der Waals surface area contributed by atoms with E-state index in [-0.39, 0.29) is 35.1 Å². The maximum Gasteiger partial charge on any atom is 0.270 e. The van der Waals surface area contributed by atoms with Crippen LogP contribution in [0, 0.1) is 10.1 Å². The molecule has 1 heterocycles. The lowest BCUT2D eigenvalue weighted by Crippen LogP contribution is -2.26. The van der Waals surface area contributed by atoms with Crippen LogP contribution in [-0.2, 0) is 16.4 Å². The lowest BCUT2D eigenvalue weighted by molar-refractivity contribution is -0.385. The number of anilines is 1. The topological polar surface area (TPSA) is 154 Å². The molecule has 0 fully saturated rings. The first-order valence-electron chi connectivity index (χ1n) is 5.69. The van der Waals surface area contributed by atoms with Crippen molar-refractivity contribution in [3.05, 3.63) is 40.5 Å². The van der Waals surface area contributed by atoms with Gasteiger partial charge in [0.05, 0.1) is 10.6 Å². The molecule has 0 amide bonds. The fourth-order valence-corrected chi connectivity index (χ4v) is 2.73. The Morgan fingerprint density at radius 2 is 2.19 bits per heavy atom. The fraction of sp³-hybridized carbons (Fsp3) is 0.200. The maximum atomic E-state index is 12.1. The number of sulfonamides is 1. The van der Waals surface area contributed by atoms with Crippen LogP contribution >= 0.6 is 0 Å². The maximum absolute atomic E-state index is 12.1. The Morgan fingerprint density at radius 3 is 2.81 bits per heavy atom. The van der Waals surface area contributed by atoms with Crippen LogP contribution in [0.5, 0.6) is 0 Å². The van der Waals surface area contributed by atoms with Crippen molar-refractivity contribution in [1.29, 1.82) is 0 Å². The zero-order chi connectivity index (χ0) is 15.5. The average Bonchev–Trinajstić information content (AvgIpc) is 2.91. The Labute approximate surface area is 119 Å². The molecule has 0 aliphatic carbocycles. The number of aromatic nitrogens is 2. The monoisotopic (exact) mass is 313 g/mol. The highest BCUT2D eigenvalue weighted by Gasteiger charge is 2.21. The molecule has 2 rings (SSSR count). The summed E-state index contributed by atoms with van der Waals surface area (Å²) in [4.78, 5) is 13.4. The van der Waals surface area contributed by atoms with E-state index in [9.17, 15) is 18.5 Å². The minimum atomic E-state index is -3.97. The highest BCUT2D eigenvalue weighted by atomic mass is 32.2. The van der Waals surface area contributed by atoms with Crippen LogP contribution in [0.1, 0.15) is 5.89 Å². The van der Waals surface area contributed by atoms with Gasteiger partial charge in [-0.2, -0.15) is 4.98 Å². The first-order valence-corrected chi connectivity index (χ1v) is 7.17. The molecule has 0 bridgehead atoms. The highest BCUT2D eigenvalue weighted by Crippen LogP contribution is 2.23. The molecule has 11 heteroatoms. The summed E-state index contributed by atoms with van der Waals surface area (Å²) in [6.07, 6.45) is 1.39. The molecule has 2 aromatic rings. The van der Waals surface area contributed by atoms with E-state index in [0.29, 0.717) is 0 Å². The lowest BCUT2D eigenvalue weighted by Gasteiger charge is -2.08. The number of hydrogen-bond donors (Lipinski definition) is 2. The second-order valence-corrected chi connectivity index (χ2v) is 5.70. The largest absolute Gasteiger partial charge is 0.398 e. The van der Waals surface area contributed by atoms with E-state index in [0.717, 1.165) is 12.1 Å². The second-order valence-electron chi connectivity index (χ2n) is 3.96. The fourth-order valence-electron chi connectivity index (χ4n) is 1.55. The third kappa shape index (κ3) is 3.52. The van der Waals surface area contributed by atoms with E-state index in [1.165, 1.54) is 12.4 Å². The molecule has 10 nitrogen and oxygen atoms in total. The van der Waals surface area contributed by atoms with Gasteiger partial charge >= 0.3 is 0 Å². The molecule has 0 aliphatic heterocycles. The van der Waals surface area contributed by atoms with Gasteiger partial charge in [0.2, 0.25) is 15.9 Å². The normalized spacial score (nSPS) is 11.4. The SMILES string of the molecule is Nc1ccc([N+](=O)[O-])cc1S(=O)(=O)NCCc1ncno1. The number of benzene rings is 1. The number of nitrogens with two attached hydrogens (primary N) is 1. The van der Waals surface area contributed by atoms with Crippen molar-refractivity contribution in [2.24, 2.45) is 0 Å². The van der Waals surface area contributed by atoms with Crippen molar-refractivity contribution >= 4 is 21.4 Å². The molecule has 0 atom stereocenters. The summed E-state index contributed by atoms with van der Waals surface area (Å²) in [5.74, 6) is 0.268. The zero-order valence-corrected chi connectivity index (χ0v) is 11.4. The number of hydrogen-bond acceptors (Lipinski definition) is 8. The van der Waals surface area contributed by atoms with Crippen molar-refractivity contribution in [2.45, 2.75) is 11.3 Å². The van der Waals surface area contributed by atoms with Gasteiger partial charge in [-0.05, 0) is 6.07 Å². The van der Waals surface area contributed by atoms with Crippen LogP contribution in [0.25, 0.3) is 0 Å². The van der Waals surface area contributed by atoms with E-state index in [1.807, 2.05) is 0 Å². The summed E-state index contributed by atoms with van der Waals surface area (Å²) in [5, 5.41) is 14.1. The Balaban J connectivity index is 2.15. The van der Waals surface area contributed by atoms with Gasteiger partial charge in [0.25, 0.3) is 5.69 Å². The summed E-state index contributed by atoms with van der Waals surface area (Å²) < 4.78 is 31.1. The lowest BCUT2D eigenvalue weighted by atomic mass is 10.3. The Hall–Kier alpha value is -2.53. The Kier molecular flexibility index (Phi) is 4.14. The number of rotatable bonds is 6. The van der Waals surface area contributed by atoms with E-state index >= 15 is 0 Å². The molecule has 1 aromatic heterocycles. The molecule has 0 spiro atoms. The van der Waals surface area contributed by atoms with Crippen molar-refractivity contribution < 1.29 is 17.9 Å². The van der Waals surface area contributed by atoms with E-state index in [4.69, 9.17) is 10.3 Å². The summed E-state index contributed by atoms with van der Waals surface area (Å²) in [7, 11) is -3.97. The minimum absolute atomic E-state index is 0.00728. The van der Waals surface area contributed by atoms with Crippen LogP contribution in [0.2, 0.25) is 0 Å². The Bertz CT molecular complexity index is 743. The van der Waals surface area contributed by atoms with Gasteiger partial charge < -0.3 is 10.3 Å². The quantitative estimate of drug-likeness (QED) is 0.431. The number of nitro groups is 1. The van der Waals surface area contributed by atoms with Crippen LogP contribution in [0.15, 0.2) is 33.9 Å². The third-order valence-corrected chi connectivity index (χ3v) is 4.05. The van der Waals surface area contributed by atoms with Crippen molar-refractivity contribution in [2.75, 3.05) is 12.3 Å². The standard InChI is InChI=1S/C10H11N5O5S/c11-8-2-1-7(15(16)17)5-9(8)21(18,19)14-4-3-10-12-6-13-20-10/h1-2,5-6,14H,3-4,11H2. The van der Waals surface area contributed by atoms with Crippen LogP contribution in [0.4, 0.5) is 11.4 Å². The predicted octanol–water partition coefficient (Wildman–Crippen LogP) is 0.0810. The van der Waals surface area contributed by atoms with Crippen molar-refractivity contribution in [3.8, 4) is 0 Å². The van der Waals surface area contributed by atoms with E-state index in [2.05, 4.69) is 14.9 Å². The number of nitrogen functional groups attached to an aromatic ring is 1. The highest BCUT2D eigenvalue weighted by molar-refractivity contribution is 7.89. The first kappa shape index (κ1) is 14.9. The number of nitro benzene ring substituents is 1. The predicted molar refractivity (Wildman–Crippen MR) is 70.7 cm³/mol. The summed E-state index contributed by atoms with van der Waals surface area (Å²) >= 11 is 0. The second kappa shape index (κ2) is 5.85. The summed E-state index contributed by atoms with van der Waals surface area (Å²) in [5.41, 5.74) is 5.12. The summed E-state index contributed by atoms with van der Waals surface area (Å²) in [6, 6.07) is 3.21. The molecule has 21 heavy (non-hydrogen) atoms. The zero-order valence-electron chi connectivity index (χ0n) is 10.6. The van der Waals surface area contributed by atoms with Crippen LogP contribution in [-0.4, -0.2) is 30.0 Å². The number of nitrogens with one attached hydrogen (secondary N) is 1. The van der Waals surface area contributed by atoms with Crippen LogP contribution in [0.3, 0.4) is 0 Å². The van der Waals surface area contributed by atoms with E-state index < -0.39 is 14.9 Å². The van der Waals surface area contributed by atoms with Crippen molar-refractivity contribution in [3.63, 3.8) is 0 Å². The van der Waals surface area contributed by atoms with Gasteiger partial charge in [0.15, 0.2) is 6.33 Å². The van der Waals surface area contributed by atoms with Gasteiger partial charge in [-0.1, -0.05) is 5.16 Å². The number of non-ortho nitro benzene ring substituents is 1. The molecule has 1 aromatic carbocycles. The molecule has 0 saturated carbocycles. The Morgan fingerprint density at radius 1 is 1.43 bits per heavy atom. The van der Waals surface area contributed by atoms with Gasteiger partial charge in [-0.15, -0.1) is 0 Å². The molecule has 112 valence electrons. The molecule has 3 N–H and O–H groups in total. The third-order valence-electron chi connectivity index (χ3n) is 2.54. The molecule has 0 aliphatic rings. The van der Waals surface area contributed by atoms with Crippen molar-refractivity contribution in [1.82, 2.24) is 14.9 Å². The number of nitrogens with zero attached hydrogens (tertiary/aromatic N) is 3. The average molecular weight is 313 g/mol. The van der Waals surface area contributed by atoms with Gasteiger partial charge in [0, 0.05) is 25.1 Å².